The summed E-state index contributed by atoms with van der Waals surface area (Å²) < 4.78 is 16.4. The van der Waals surface area contributed by atoms with Gasteiger partial charge in [-0.2, -0.15) is 0 Å². The first kappa shape index (κ1) is 14.7. The van der Waals surface area contributed by atoms with E-state index in [0.717, 1.165) is 18.4 Å². The average Bonchev–Trinajstić information content (AvgIpc) is 2.95. The highest BCUT2D eigenvalue weighted by atomic mass is 16.6. The first-order chi connectivity index (χ1) is 10.8. The van der Waals surface area contributed by atoms with Crippen LogP contribution in [0.5, 0.6) is 0 Å². The molecule has 22 heavy (non-hydrogen) atoms. The van der Waals surface area contributed by atoms with Gasteiger partial charge in [-0.1, -0.05) is 18.2 Å². The maximum atomic E-state index is 11.9. The highest BCUT2D eigenvalue weighted by Gasteiger charge is 2.35. The molecule has 3 aliphatic rings. The van der Waals surface area contributed by atoms with E-state index in [2.05, 4.69) is 6.08 Å². The van der Waals surface area contributed by atoms with Gasteiger partial charge in [-0.25, -0.2) is 9.69 Å². The fourth-order valence-electron chi connectivity index (χ4n) is 2.55. The minimum Gasteiger partial charge on any atom is -0.463 e. The van der Waals surface area contributed by atoms with Gasteiger partial charge in [0.05, 0.1) is 6.54 Å². The molecule has 6 nitrogen and oxygen atoms in total. The Kier molecular flexibility index (Phi) is 4.48. The first-order valence-electron chi connectivity index (χ1n) is 7.46. The summed E-state index contributed by atoms with van der Waals surface area (Å²) in [6, 6.07) is 0. The van der Waals surface area contributed by atoms with Crippen LogP contribution in [0, 0.1) is 0 Å². The number of allylic oxidation sites excluding steroid dienone is 4. The van der Waals surface area contributed by atoms with Crippen LogP contribution in [0.25, 0.3) is 0 Å². The average molecular weight is 305 g/mol. The molecule has 3 rings (SSSR count). The third kappa shape index (κ3) is 3.17. The Bertz CT molecular complexity index is 561. The molecule has 118 valence electrons. The summed E-state index contributed by atoms with van der Waals surface area (Å²) >= 11 is 0. The lowest BCUT2D eigenvalue weighted by Gasteiger charge is -2.23. The molecule has 1 saturated heterocycles. The van der Waals surface area contributed by atoms with Gasteiger partial charge in [0.15, 0.2) is 12.0 Å². The second-order valence-corrected chi connectivity index (χ2v) is 5.32. The van der Waals surface area contributed by atoms with Crippen LogP contribution in [0.15, 0.2) is 48.0 Å². The SMILES string of the molecule is O=C1OC(CCCO)CN1C1=COC=C(C2=CC=CCC2)O1. The molecule has 0 radical (unpaired) electrons. The Balaban J connectivity index is 1.63. The molecule has 2 heterocycles. The normalized spacial score (nSPS) is 24.0. The summed E-state index contributed by atoms with van der Waals surface area (Å²) in [4.78, 5) is 13.4. The van der Waals surface area contributed by atoms with E-state index in [4.69, 9.17) is 19.3 Å². The Labute approximate surface area is 128 Å². The fraction of sp³-hybridized carbons (Fsp3) is 0.438. The van der Waals surface area contributed by atoms with E-state index in [-0.39, 0.29) is 12.7 Å². The van der Waals surface area contributed by atoms with Crippen LogP contribution in [0.2, 0.25) is 0 Å². The van der Waals surface area contributed by atoms with Crippen LogP contribution >= 0.6 is 0 Å². The minimum absolute atomic E-state index is 0.0882. The maximum Gasteiger partial charge on any atom is 0.417 e. The quantitative estimate of drug-likeness (QED) is 0.845. The molecule has 1 amide bonds. The van der Waals surface area contributed by atoms with E-state index in [9.17, 15) is 4.79 Å². The number of carbonyl (C=O) groups is 1. The highest BCUT2D eigenvalue weighted by molar-refractivity contribution is 5.71. The van der Waals surface area contributed by atoms with Gasteiger partial charge >= 0.3 is 6.09 Å². The highest BCUT2D eigenvalue weighted by Crippen LogP contribution is 2.29. The van der Waals surface area contributed by atoms with Crippen LogP contribution in [0.1, 0.15) is 25.7 Å². The monoisotopic (exact) mass is 305 g/mol. The van der Waals surface area contributed by atoms with Crippen molar-refractivity contribution in [2.24, 2.45) is 0 Å². The predicted octanol–water partition coefficient (Wildman–Crippen LogP) is 2.54. The Morgan fingerprint density at radius 3 is 3.05 bits per heavy atom. The van der Waals surface area contributed by atoms with Crippen LogP contribution in [-0.4, -0.2) is 35.4 Å². The molecule has 1 atom stereocenters. The topological polar surface area (TPSA) is 68.2 Å². The van der Waals surface area contributed by atoms with E-state index in [1.54, 1.807) is 6.26 Å². The van der Waals surface area contributed by atoms with Crippen molar-refractivity contribution in [2.45, 2.75) is 31.8 Å². The number of carbonyl (C=O) groups excluding carboxylic acids is 1. The van der Waals surface area contributed by atoms with Crippen molar-refractivity contribution in [3.63, 3.8) is 0 Å². The zero-order valence-corrected chi connectivity index (χ0v) is 12.2. The predicted molar refractivity (Wildman–Crippen MR) is 78.1 cm³/mol. The van der Waals surface area contributed by atoms with Crippen LogP contribution in [0.3, 0.4) is 0 Å². The van der Waals surface area contributed by atoms with Gasteiger partial charge in [-0.3, -0.25) is 0 Å². The number of nitrogens with zero attached hydrogens (tertiary/aromatic N) is 1. The van der Waals surface area contributed by atoms with Gasteiger partial charge in [-0.05, 0) is 31.3 Å². The molecular weight excluding hydrogens is 286 g/mol. The summed E-state index contributed by atoms with van der Waals surface area (Å²) in [7, 11) is 0. The molecule has 0 aromatic rings. The molecule has 0 aromatic heterocycles. The third-order valence-electron chi connectivity index (χ3n) is 3.71. The summed E-state index contributed by atoms with van der Waals surface area (Å²) in [6.45, 7) is 0.491. The Morgan fingerprint density at radius 1 is 1.36 bits per heavy atom. The molecule has 1 N–H and O–H groups in total. The van der Waals surface area contributed by atoms with Crippen molar-refractivity contribution in [1.29, 1.82) is 0 Å². The van der Waals surface area contributed by atoms with Crippen molar-refractivity contribution in [3.05, 3.63) is 48.0 Å². The number of aliphatic hydroxyl groups excluding tert-OH is 1. The van der Waals surface area contributed by atoms with Gasteiger partial charge in [0.2, 0.25) is 5.88 Å². The standard InChI is InChI=1S/C16H19NO5/c18-8-4-7-13-9-17(16(19)21-13)15-11-20-10-14(22-15)12-5-2-1-3-6-12/h1-2,5,10-11,13,18H,3-4,6-9H2. The van der Waals surface area contributed by atoms with Gasteiger partial charge in [0, 0.05) is 6.61 Å². The second-order valence-electron chi connectivity index (χ2n) is 5.32. The van der Waals surface area contributed by atoms with Gasteiger partial charge < -0.3 is 19.3 Å². The number of amides is 1. The summed E-state index contributed by atoms with van der Waals surface area (Å²) in [5.41, 5.74) is 1.04. The van der Waals surface area contributed by atoms with Crippen molar-refractivity contribution in [3.8, 4) is 0 Å². The zero-order valence-electron chi connectivity index (χ0n) is 12.2. The lowest BCUT2D eigenvalue weighted by molar-refractivity contribution is 0.115. The molecule has 1 unspecified atom stereocenters. The number of rotatable bonds is 5. The molecule has 1 fully saturated rings. The van der Waals surface area contributed by atoms with Crippen molar-refractivity contribution in [1.82, 2.24) is 4.90 Å². The summed E-state index contributed by atoms with van der Waals surface area (Å²) in [5.74, 6) is 0.956. The third-order valence-corrected chi connectivity index (χ3v) is 3.71. The van der Waals surface area contributed by atoms with Gasteiger partial charge in [-0.15, -0.1) is 0 Å². The largest absolute Gasteiger partial charge is 0.463 e. The van der Waals surface area contributed by atoms with Crippen LogP contribution in [-0.2, 0) is 14.2 Å². The lowest BCUT2D eigenvalue weighted by atomic mass is 10.0. The molecule has 2 aliphatic heterocycles. The maximum absolute atomic E-state index is 11.9. The fourth-order valence-corrected chi connectivity index (χ4v) is 2.55. The summed E-state index contributed by atoms with van der Waals surface area (Å²) in [5, 5.41) is 8.86. The first-order valence-corrected chi connectivity index (χ1v) is 7.46. The number of hydrogen-bond acceptors (Lipinski definition) is 5. The molecular formula is C16H19NO5. The Morgan fingerprint density at radius 2 is 2.27 bits per heavy atom. The lowest BCUT2D eigenvalue weighted by Crippen LogP contribution is -2.27. The van der Waals surface area contributed by atoms with E-state index in [1.165, 1.54) is 11.2 Å². The van der Waals surface area contributed by atoms with Crippen molar-refractivity contribution >= 4 is 6.09 Å². The van der Waals surface area contributed by atoms with Crippen molar-refractivity contribution in [2.75, 3.05) is 13.2 Å². The van der Waals surface area contributed by atoms with E-state index in [1.807, 2.05) is 12.2 Å². The van der Waals surface area contributed by atoms with Crippen molar-refractivity contribution < 1.29 is 24.1 Å². The van der Waals surface area contributed by atoms with Gasteiger partial charge in [0.25, 0.3) is 0 Å². The zero-order chi connectivity index (χ0) is 15.4. The minimum atomic E-state index is -0.448. The number of hydrogen-bond donors (Lipinski definition) is 1. The number of aliphatic hydroxyl groups is 1. The molecule has 0 saturated carbocycles. The number of ether oxygens (including phenoxy) is 3. The van der Waals surface area contributed by atoms with E-state index < -0.39 is 6.09 Å². The van der Waals surface area contributed by atoms with Crippen LogP contribution < -0.4 is 0 Å². The summed E-state index contributed by atoms with van der Waals surface area (Å²) in [6.07, 6.45) is 11.4. The van der Waals surface area contributed by atoms with E-state index >= 15 is 0 Å². The molecule has 0 bridgehead atoms. The molecule has 1 aliphatic carbocycles. The van der Waals surface area contributed by atoms with Crippen LogP contribution in [0.4, 0.5) is 4.79 Å². The molecule has 6 heteroatoms. The smallest absolute Gasteiger partial charge is 0.417 e. The molecule has 0 aromatic carbocycles. The Hall–Kier alpha value is -2.21. The number of cyclic esters (lactones) is 1. The molecule has 0 spiro atoms. The van der Waals surface area contributed by atoms with E-state index in [0.29, 0.717) is 31.0 Å². The van der Waals surface area contributed by atoms with Gasteiger partial charge in [0.1, 0.15) is 12.4 Å². The second kappa shape index (κ2) is 6.70.